The van der Waals surface area contributed by atoms with Crippen molar-refractivity contribution in [2.45, 2.75) is 26.4 Å². The molecule has 6 nitrogen and oxygen atoms in total. The fraction of sp³-hybridized carbons (Fsp3) is 0.300. The van der Waals surface area contributed by atoms with Crippen LogP contribution in [0.1, 0.15) is 30.6 Å². The van der Waals surface area contributed by atoms with E-state index in [0.29, 0.717) is 23.6 Å². The van der Waals surface area contributed by atoms with Crippen molar-refractivity contribution in [3.05, 3.63) is 53.1 Å². The Kier molecular flexibility index (Phi) is 7.49. The molecule has 144 valence electrons. The number of nitrogens with one attached hydrogen (secondary N) is 1. The Bertz CT molecular complexity index is 809. The standard InChI is InChI=1S/C20H22ClNO5/c1-4-18(27-15-8-6-7-14(12-15)25-3)19(23)22-13-9-10-16(17(21)11-13)20(24)26-5-2/h6-12,18H,4-5H2,1-3H3,(H,22,23)/t18-/m0/s1. The van der Waals surface area contributed by atoms with Gasteiger partial charge in [-0.2, -0.15) is 0 Å². The van der Waals surface area contributed by atoms with E-state index in [2.05, 4.69) is 5.32 Å². The second-order valence-corrected chi connectivity index (χ2v) is 6.01. The normalized spacial score (nSPS) is 11.4. The van der Waals surface area contributed by atoms with E-state index in [4.69, 9.17) is 25.8 Å². The van der Waals surface area contributed by atoms with Gasteiger partial charge in [-0.25, -0.2) is 4.79 Å². The quantitative estimate of drug-likeness (QED) is 0.678. The number of benzene rings is 2. The molecule has 1 amide bonds. The van der Waals surface area contributed by atoms with Gasteiger partial charge in [0.15, 0.2) is 6.10 Å². The molecule has 7 heteroatoms. The Morgan fingerprint density at radius 2 is 1.85 bits per heavy atom. The second kappa shape index (κ2) is 9.83. The van der Waals surface area contributed by atoms with E-state index in [1.165, 1.54) is 12.1 Å². The van der Waals surface area contributed by atoms with E-state index in [9.17, 15) is 9.59 Å². The lowest BCUT2D eigenvalue weighted by atomic mass is 10.2. The number of ether oxygens (including phenoxy) is 3. The van der Waals surface area contributed by atoms with Crippen LogP contribution in [-0.2, 0) is 9.53 Å². The van der Waals surface area contributed by atoms with E-state index in [1.54, 1.807) is 44.4 Å². The summed E-state index contributed by atoms with van der Waals surface area (Å²) in [6.07, 6.45) is -0.224. The van der Waals surface area contributed by atoms with Crippen molar-refractivity contribution in [1.82, 2.24) is 0 Å². The highest BCUT2D eigenvalue weighted by atomic mass is 35.5. The van der Waals surface area contributed by atoms with Crippen molar-refractivity contribution in [2.75, 3.05) is 19.0 Å². The molecule has 0 unspecified atom stereocenters. The van der Waals surface area contributed by atoms with Crippen molar-refractivity contribution < 1.29 is 23.8 Å². The summed E-state index contributed by atoms with van der Waals surface area (Å²) in [5, 5.41) is 2.95. The predicted molar refractivity (Wildman–Crippen MR) is 104 cm³/mol. The molecular weight excluding hydrogens is 370 g/mol. The highest BCUT2D eigenvalue weighted by Gasteiger charge is 2.20. The summed E-state index contributed by atoms with van der Waals surface area (Å²) >= 11 is 6.12. The average Bonchev–Trinajstić information content (AvgIpc) is 2.66. The highest BCUT2D eigenvalue weighted by molar-refractivity contribution is 6.34. The van der Waals surface area contributed by atoms with E-state index >= 15 is 0 Å². The van der Waals surface area contributed by atoms with Gasteiger partial charge in [0.2, 0.25) is 0 Å². The lowest BCUT2D eigenvalue weighted by molar-refractivity contribution is -0.122. The van der Waals surface area contributed by atoms with Crippen LogP contribution in [0.25, 0.3) is 0 Å². The third kappa shape index (κ3) is 5.62. The Balaban J connectivity index is 2.07. The van der Waals surface area contributed by atoms with Crippen LogP contribution >= 0.6 is 11.6 Å². The van der Waals surface area contributed by atoms with Gasteiger partial charge in [-0.3, -0.25) is 4.79 Å². The van der Waals surface area contributed by atoms with Gasteiger partial charge in [0, 0.05) is 11.8 Å². The summed E-state index contributed by atoms with van der Waals surface area (Å²) in [6, 6.07) is 11.6. The number of carbonyl (C=O) groups is 2. The number of amides is 1. The van der Waals surface area contributed by atoms with Crippen molar-refractivity contribution in [3.63, 3.8) is 0 Å². The highest BCUT2D eigenvalue weighted by Crippen LogP contribution is 2.24. The van der Waals surface area contributed by atoms with Crippen molar-refractivity contribution in [3.8, 4) is 11.5 Å². The van der Waals surface area contributed by atoms with Gasteiger partial charge in [0.25, 0.3) is 5.91 Å². The van der Waals surface area contributed by atoms with Crippen molar-refractivity contribution in [2.24, 2.45) is 0 Å². The number of hydrogen-bond acceptors (Lipinski definition) is 5. The van der Waals surface area contributed by atoms with Crippen LogP contribution < -0.4 is 14.8 Å². The number of hydrogen-bond donors (Lipinski definition) is 1. The van der Waals surface area contributed by atoms with Crippen LogP contribution in [0, 0.1) is 0 Å². The smallest absolute Gasteiger partial charge is 0.339 e. The van der Waals surface area contributed by atoms with E-state index in [1.807, 2.05) is 6.92 Å². The molecule has 0 aromatic heterocycles. The number of methoxy groups -OCH3 is 1. The summed E-state index contributed by atoms with van der Waals surface area (Å²) in [6.45, 7) is 3.82. The monoisotopic (exact) mass is 391 g/mol. The lowest BCUT2D eigenvalue weighted by Crippen LogP contribution is -2.32. The summed E-state index contributed by atoms with van der Waals surface area (Å²) < 4.78 is 15.8. The average molecular weight is 392 g/mol. The summed E-state index contributed by atoms with van der Waals surface area (Å²) in [5.74, 6) is 0.351. The zero-order chi connectivity index (χ0) is 19.8. The molecule has 0 saturated heterocycles. The molecule has 2 rings (SSSR count). The minimum absolute atomic E-state index is 0.202. The van der Waals surface area contributed by atoms with Crippen LogP contribution in [-0.4, -0.2) is 31.7 Å². The molecule has 0 bridgehead atoms. The maximum Gasteiger partial charge on any atom is 0.339 e. The maximum absolute atomic E-state index is 12.5. The minimum Gasteiger partial charge on any atom is -0.497 e. The van der Waals surface area contributed by atoms with Crippen LogP contribution in [0.15, 0.2) is 42.5 Å². The third-order valence-corrected chi connectivity index (χ3v) is 4.03. The first-order chi connectivity index (χ1) is 13.0. The summed E-state index contributed by atoms with van der Waals surface area (Å²) in [4.78, 5) is 24.3. The van der Waals surface area contributed by atoms with E-state index < -0.39 is 12.1 Å². The molecule has 0 aliphatic heterocycles. The van der Waals surface area contributed by atoms with E-state index in [-0.39, 0.29) is 23.1 Å². The molecule has 0 saturated carbocycles. The van der Waals surface area contributed by atoms with Gasteiger partial charge in [-0.1, -0.05) is 24.6 Å². The van der Waals surface area contributed by atoms with Gasteiger partial charge in [-0.05, 0) is 43.7 Å². The zero-order valence-corrected chi connectivity index (χ0v) is 16.2. The Labute approximate surface area is 163 Å². The fourth-order valence-electron chi connectivity index (χ4n) is 2.35. The third-order valence-electron chi connectivity index (χ3n) is 3.71. The number of rotatable bonds is 8. The maximum atomic E-state index is 12.5. The first-order valence-electron chi connectivity index (χ1n) is 8.56. The van der Waals surface area contributed by atoms with Gasteiger partial charge in [0.1, 0.15) is 11.5 Å². The number of halogens is 1. The Morgan fingerprint density at radius 3 is 2.48 bits per heavy atom. The van der Waals surface area contributed by atoms with Crippen LogP contribution in [0.2, 0.25) is 5.02 Å². The van der Waals surface area contributed by atoms with Gasteiger partial charge >= 0.3 is 5.97 Å². The van der Waals surface area contributed by atoms with Crippen molar-refractivity contribution in [1.29, 1.82) is 0 Å². The molecule has 0 radical (unpaired) electrons. The fourth-order valence-corrected chi connectivity index (χ4v) is 2.61. The molecule has 1 N–H and O–H groups in total. The number of esters is 1. The number of anilines is 1. The molecule has 0 fully saturated rings. The largest absolute Gasteiger partial charge is 0.497 e. The molecule has 0 aliphatic rings. The van der Waals surface area contributed by atoms with Crippen molar-refractivity contribution >= 4 is 29.2 Å². The molecule has 0 heterocycles. The summed E-state index contributed by atoms with van der Waals surface area (Å²) in [7, 11) is 1.56. The number of carbonyl (C=O) groups excluding carboxylic acids is 2. The molecular formula is C20H22ClNO5. The first-order valence-corrected chi connectivity index (χ1v) is 8.94. The van der Waals surface area contributed by atoms with Crippen LogP contribution in [0.3, 0.4) is 0 Å². The SMILES string of the molecule is CCOC(=O)c1ccc(NC(=O)[C@H](CC)Oc2cccc(OC)c2)cc1Cl. The molecule has 2 aromatic rings. The zero-order valence-electron chi connectivity index (χ0n) is 15.5. The Morgan fingerprint density at radius 1 is 1.11 bits per heavy atom. The molecule has 2 aromatic carbocycles. The molecule has 0 aliphatic carbocycles. The predicted octanol–water partition coefficient (Wildman–Crippen LogP) is 4.32. The first kappa shape index (κ1) is 20.6. The lowest BCUT2D eigenvalue weighted by Gasteiger charge is -2.18. The molecule has 1 atom stereocenters. The molecule has 27 heavy (non-hydrogen) atoms. The minimum atomic E-state index is -0.694. The summed E-state index contributed by atoms with van der Waals surface area (Å²) in [5.41, 5.74) is 0.710. The van der Waals surface area contributed by atoms with Gasteiger partial charge < -0.3 is 19.5 Å². The van der Waals surface area contributed by atoms with Gasteiger partial charge in [-0.15, -0.1) is 0 Å². The van der Waals surface area contributed by atoms with E-state index in [0.717, 1.165) is 0 Å². The van der Waals surface area contributed by atoms with Crippen LogP contribution in [0.4, 0.5) is 5.69 Å². The van der Waals surface area contributed by atoms with Gasteiger partial charge in [0.05, 0.1) is 24.3 Å². The van der Waals surface area contributed by atoms with Crippen LogP contribution in [0.5, 0.6) is 11.5 Å². The second-order valence-electron chi connectivity index (χ2n) is 5.60. The Hall–Kier alpha value is -2.73. The topological polar surface area (TPSA) is 73.9 Å². The molecule has 0 spiro atoms.